The Morgan fingerprint density at radius 3 is 2.36 bits per heavy atom. The Morgan fingerprint density at radius 1 is 1.16 bits per heavy atom. The number of nitrogens with zero attached hydrogens (tertiary/aromatic N) is 1. The van der Waals surface area contributed by atoms with Gasteiger partial charge in [-0.05, 0) is 73.8 Å². The molecule has 2 amide bonds. The summed E-state index contributed by atoms with van der Waals surface area (Å²) in [5.41, 5.74) is 3.36. The number of halogens is 3. The Morgan fingerprint density at radius 2 is 1.76 bits per heavy atom. The van der Waals surface area contributed by atoms with Crippen LogP contribution in [0.2, 0.25) is 5.02 Å². The van der Waals surface area contributed by atoms with E-state index < -0.39 is 5.91 Å². The van der Waals surface area contributed by atoms with Crippen molar-refractivity contribution < 1.29 is 14.7 Å². The predicted octanol–water partition coefficient (Wildman–Crippen LogP) is 3.45. The number of benzene rings is 2. The first-order valence-electron chi connectivity index (χ1n) is 6.90. The third-order valence-corrected chi connectivity index (χ3v) is 4.42. The van der Waals surface area contributed by atoms with E-state index in [1.807, 2.05) is 0 Å². The Kier molecular flexibility index (Phi) is 6.98. The van der Waals surface area contributed by atoms with Gasteiger partial charge in [0.05, 0.1) is 21.7 Å². The maximum atomic E-state index is 11.9. The highest BCUT2D eigenvalue weighted by Gasteiger charge is 2.08. The van der Waals surface area contributed by atoms with Gasteiger partial charge in [-0.25, -0.2) is 5.43 Å². The normalized spacial score (nSPS) is 10.7. The van der Waals surface area contributed by atoms with Crippen LogP contribution in [0.1, 0.15) is 15.9 Å². The van der Waals surface area contributed by atoms with E-state index >= 15 is 0 Å². The summed E-state index contributed by atoms with van der Waals surface area (Å²) in [7, 11) is 0. The topological polar surface area (TPSA) is 90.8 Å². The molecule has 130 valence electrons. The van der Waals surface area contributed by atoms with E-state index in [1.54, 1.807) is 36.4 Å². The highest BCUT2D eigenvalue weighted by molar-refractivity contribution is 9.11. The van der Waals surface area contributed by atoms with Crippen LogP contribution >= 0.6 is 43.5 Å². The van der Waals surface area contributed by atoms with Gasteiger partial charge < -0.3 is 10.4 Å². The van der Waals surface area contributed by atoms with Gasteiger partial charge in [-0.3, -0.25) is 9.59 Å². The van der Waals surface area contributed by atoms with Crippen LogP contribution in [0.4, 0.5) is 0 Å². The Labute approximate surface area is 165 Å². The molecule has 0 radical (unpaired) electrons. The maximum absolute atomic E-state index is 11.9. The first-order chi connectivity index (χ1) is 11.9. The first kappa shape index (κ1) is 19.4. The van der Waals surface area contributed by atoms with Gasteiger partial charge in [-0.1, -0.05) is 11.6 Å². The molecule has 2 aromatic rings. The van der Waals surface area contributed by atoms with Crippen LogP contribution in [-0.2, 0) is 4.79 Å². The zero-order valence-corrected chi connectivity index (χ0v) is 16.5. The average Bonchev–Trinajstić information content (AvgIpc) is 2.58. The second-order valence-electron chi connectivity index (χ2n) is 4.82. The molecule has 0 bridgehead atoms. The molecule has 0 spiro atoms. The van der Waals surface area contributed by atoms with Crippen molar-refractivity contribution in [3.05, 3.63) is 61.5 Å². The Balaban J connectivity index is 1.84. The van der Waals surface area contributed by atoms with Crippen molar-refractivity contribution in [3.63, 3.8) is 0 Å². The van der Waals surface area contributed by atoms with Crippen molar-refractivity contribution in [2.45, 2.75) is 0 Å². The molecule has 25 heavy (non-hydrogen) atoms. The number of hydrogen-bond donors (Lipinski definition) is 3. The monoisotopic (exact) mass is 487 g/mol. The lowest BCUT2D eigenvalue weighted by atomic mass is 10.2. The zero-order valence-electron chi connectivity index (χ0n) is 12.6. The number of phenols is 1. The van der Waals surface area contributed by atoms with Gasteiger partial charge >= 0.3 is 0 Å². The maximum Gasteiger partial charge on any atom is 0.259 e. The lowest BCUT2D eigenvalue weighted by molar-refractivity contribution is -0.120. The van der Waals surface area contributed by atoms with Crippen molar-refractivity contribution in [2.75, 3.05) is 6.54 Å². The van der Waals surface area contributed by atoms with E-state index in [0.29, 0.717) is 25.1 Å². The summed E-state index contributed by atoms with van der Waals surface area (Å²) in [6.45, 7) is -0.220. The number of hydrogen-bond acceptors (Lipinski definition) is 4. The van der Waals surface area contributed by atoms with Crippen molar-refractivity contribution in [3.8, 4) is 5.75 Å². The van der Waals surface area contributed by atoms with Gasteiger partial charge in [0.25, 0.3) is 11.8 Å². The SMILES string of the molecule is O=C(CNC(=O)c1ccc(Cl)cc1)N/N=C/c1cc(Br)c(O)c(Br)c1. The zero-order chi connectivity index (χ0) is 18.4. The van der Waals surface area contributed by atoms with Crippen LogP contribution in [0.5, 0.6) is 5.75 Å². The molecule has 3 N–H and O–H groups in total. The van der Waals surface area contributed by atoms with E-state index in [9.17, 15) is 14.7 Å². The fourth-order valence-corrected chi connectivity index (χ4v) is 3.09. The summed E-state index contributed by atoms with van der Waals surface area (Å²) in [5, 5.41) is 16.4. The number of hydrazone groups is 1. The van der Waals surface area contributed by atoms with Crippen LogP contribution in [0.15, 0.2) is 50.4 Å². The van der Waals surface area contributed by atoms with Crippen molar-refractivity contribution in [1.82, 2.24) is 10.7 Å². The standard InChI is InChI=1S/C16H12Br2ClN3O3/c17-12-5-9(6-13(18)15(12)24)7-21-22-14(23)8-20-16(25)10-1-3-11(19)4-2-10/h1-7,24H,8H2,(H,20,25)(H,22,23)/b21-7+. The molecule has 0 unspecified atom stereocenters. The third-order valence-electron chi connectivity index (χ3n) is 2.96. The third kappa shape index (κ3) is 5.84. The van der Waals surface area contributed by atoms with Crippen molar-refractivity contribution >= 4 is 61.5 Å². The highest BCUT2D eigenvalue weighted by Crippen LogP contribution is 2.32. The van der Waals surface area contributed by atoms with E-state index in [2.05, 4.69) is 47.7 Å². The minimum Gasteiger partial charge on any atom is -0.506 e. The molecular formula is C16H12Br2ClN3O3. The van der Waals surface area contributed by atoms with Crippen LogP contribution in [-0.4, -0.2) is 29.7 Å². The molecule has 2 rings (SSSR count). The molecule has 9 heteroatoms. The molecule has 0 aromatic heterocycles. The molecule has 0 fully saturated rings. The van der Waals surface area contributed by atoms with Gasteiger partial charge in [0.2, 0.25) is 0 Å². The molecule has 2 aromatic carbocycles. The number of amides is 2. The highest BCUT2D eigenvalue weighted by atomic mass is 79.9. The minimum absolute atomic E-state index is 0.0751. The Hall–Kier alpha value is -1.90. The smallest absolute Gasteiger partial charge is 0.259 e. The summed E-state index contributed by atoms with van der Waals surface area (Å²) < 4.78 is 0.981. The second-order valence-corrected chi connectivity index (χ2v) is 6.96. The van der Waals surface area contributed by atoms with E-state index in [-0.39, 0.29) is 18.2 Å². The molecule has 0 aliphatic carbocycles. The predicted molar refractivity (Wildman–Crippen MR) is 103 cm³/mol. The Bertz CT molecular complexity index is 803. The summed E-state index contributed by atoms with van der Waals surface area (Å²) in [5.74, 6) is -0.788. The van der Waals surface area contributed by atoms with Crippen molar-refractivity contribution in [2.24, 2.45) is 5.10 Å². The van der Waals surface area contributed by atoms with Gasteiger partial charge in [0.1, 0.15) is 5.75 Å². The number of carbonyl (C=O) groups is 2. The van der Waals surface area contributed by atoms with Gasteiger partial charge in [-0.15, -0.1) is 0 Å². The van der Waals surface area contributed by atoms with Crippen LogP contribution < -0.4 is 10.7 Å². The minimum atomic E-state index is -0.476. The fraction of sp³-hybridized carbons (Fsp3) is 0.0625. The quantitative estimate of drug-likeness (QED) is 0.444. The second kappa shape index (κ2) is 8.98. The fourth-order valence-electron chi connectivity index (χ4n) is 1.74. The number of rotatable bonds is 5. The summed E-state index contributed by atoms with van der Waals surface area (Å²) >= 11 is 12.1. The van der Waals surface area contributed by atoms with Crippen LogP contribution in [0, 0.1) is 0 Å². The summed E-state index contributed by atoms with van der Waals surface area (Å²) in [6.07, 6.45) is 1.41. The largest absolute Gasteiger partial charge is 0.506 e. The lowest BCUT2D eigenvalue weighted by Gasteiger charge is -2.04. The summed E-state index contributed by atoms with van der Waals surface area (Å²) in [6, 6.07) is 9.59. The summed E-state index contributed by atoms with van der Waals surface area (Å²) in [4.78, 5) is 23.5. The number of aromatic hydroxyl groups is 1. The van der Waals surface area contributed by atoms with E-state index in [4.69, 9.17) is 11.6 Å². The van der Waals surface area contributed by atoms with Gasteiger partial charge in [-0.2, -0.15) is 5.10 Å². The van der Waals surface area contributed by atoms with Crippen molar-refractivity contribution in [1.29, 1.82) is 0 Å². The number of phenolic OH excluding ortho intramolecular Hbond substituents is 1. The molecule has 0 atom stereocenters. The molecule has 0 saturated heterocycles. The first-order valence-corrected chi connectivity index (χ1v) is 8.87. The molecule has 6 nitrogen and oxygen atoms in total. The molecule has 0 saturated carbocycles. The van der Waals surface area contributed by atoms with Crippen LogP contribution in [0.25, 0.3) is 0 Å². The molecule has 0 aliphatic rings. The van der Waals surface area contributed by atoms with Gasteiger partial charge in [0.15, 0.2) is 0 Å². The van der Waals surface area contributed by atoms with Gasteiger partial charge in [0, 0.05) is 10.6 Å². The van der Waals surface area contributed by atoms with E-state index in [0.717, 1.165) is 0 Å². The number of nitrogens with one attached hydrogen (secondary N) is 2. The van der Waals surface area contributed by atoms with Crippen LogP contribution in [0.3, 0.4) is 0 Å². The lowest BCUT2D eigenvalue weighted by Crippen LogP contribution is -2.34. The molecule has 0 aliphatic heterocycles. The average molecular weight is 490 g/mol. The molecule has 0 heterocycles. The van der Waals surface area contributed by atoms with E-state index in [1.165, 1.54) is 6.21 Å². The number of carbonyl (C=O) groups excluding carboxylic acids is 2. The molecular weight excluding hydrogens is 477 g/mol.